The Morgan fingerprint density at radius 2 is 1.60 bits per heavy atom. The highest BCUT2D eigenvalue weighted by Gasteiger charge is 2.48. The first-order chi connectivity index (χ1) is 19.4. The lowest BCUT2D eigenvalue weighted by Gasteiger charge is -2.23. The quantitative estimate of drug-likeness (QED) is 0.139. The number of fused-ring (bicyclic) bond motifs is 1. The standard InChI is InChI=1S/C33H26N2O4S/c1-20-8-11-24(12-9-20)30(36)28-29(23-13-15-25(16-14-23)39-19-22-6-4-3-5-7-22)35(32(38)31(28)37)33-34-26-17-10-21(2)18-27(26)40-33/h3-18,29,36H,19H2,1-2H3/b30-28+. The smallest absolute Gasteiger partial charge is 0.301 e. The second kappa shape index (κ2) is 10.4. The van der Waals surface area contributed by atoms with Gasteiger partial charge < -0.3 is 9.84 Å². The van der Waals surface area contributed by atoms with Gasteiger partial charge in [-0.05, 0) is 54.8 Å². The third kappa shape index (κ3) is 4.76. The zero-order valence-corrected chi connectivity index (χ0v) is 22.8. The van der Waals surface area contributed by atoms with Crippen molar-refractivity contribution in [1.82, 2.24) is 4.98 Å². The predicted octanol–water partition coefficient (Wildman–Crippen LogP) is 7.12. The molecule has 2 heterocycles. The van der Waals surface area contributed by atoms with Gasteiger partial charge in [0.15, 0.2) is 5.13 Å². The number of carbonyl (C=O) groups is 2. The number of amides is 1. The largest absolute Gasteiger partial charge is 0.507 e. The molecule has 1 amide bonds. The molecule has 1 N–H and O–H groups in total. The highest BCUT2D eigenvalue weighted by Crippen LogP contribution is 2.44. The van der Waals surface area contributed by atoms with Gasteiger partial charge in [0.2, 0.25) is 0 Å². The van der Waals surface area contributed by atoms with Crippen molar-refractivity contribution in [2.24, 2.45) is 0 Å². The van der Waals surface area contributed by atoms with Crippen LogP contribution < -0.4 is 9.64 Å². The van der Waals surface area contributed by atoms with Gasteiger partial charge in [-0.1, -0.05) is 89.7 Å². The number of benzene rings is 4. The van der Waals surface area contributed by atoms with E-state index in [1.54, 1.807) is 12.1 Å². The molecule has 1 atom stereocenters. The van der Waals surface area contributed by atoms with Crippen molar-refractivity contribution in [1.29, 1.82) is 0 Å². The van der Waals surface area contributed by atoms with Crippen LogP contribution in [0.5, 0.6) is 5.75 Å². The number of aromatic nitrogens is 1. The van der Waals surface area contributed by atoms with Crippen LogP contribution in [0.15, 0.2) is 103 Å². The van der Waals surface area contributed by atoms with Gasteiger partial charge in [0, 0.05) is 5.56 Å². The molecule has 5 aromatic rings. The van der Waals surface area contributed by atoms with Gasteiger partial charge in [-0.2, -0.15) is 0 Å². The Labute approximate surface area is 235 Å². The molecule has 1 aromatic heterocycles. The SMILES string of the molecule is Cc1ccc(/C(O)=C2\C(=O)C(=O)N(c3nc4ccc(C)cc4s3)C2c2ccc(OCc3ccccc3)cc2)cc1. The molecule has 0 saturated carbocycles. The summed E-state index contributed by atoms with van der Waals surface area (Å²) in [6, 6.07) is 29.4. The molecule has 0 spiro atoms. The Morgan fingerprint density at radius 3 is 2.33 bits per heavy atom. The molecule has 0 aliphatic carbocycles. The molecular weight excluding hydrogens is 520 g/mol. The van der Waals surface area contributed by atoms with E-state index in [9.17, 15) is 14.7 Å². The number of carbonyl (C=O) groups excluding carboxylic acids is 2. The highest BCUT2D eigenvalue weighted by molar-refractivity contribution is 7.22. The third-order valence-electron chi connectivity index (χ3n) is 6.95. The van der Waals surface area contributed by atoms with E-state index in [0.29, 0.717) is 28.6 Å². The van der Waals surface area contributed by atoms with E-state index in [1.165, 1.54) is 16.2 Å². The van der Waals surface area contributed by atoms with Gasteiger partial charge >= 0.3 is 5.91 Å². The van der Waals surface area contributed by atoms with Crippen molar-refractivity contribution in [3.8, 4) is 5.75 Å². The molecular formula is C33H26N2O4S. The number of Topliss-reactive ketones (excluding diaryl/α,β-unsaturated/α-hetero) is 1. The fourth-order valence-electron chi connectivity index (χ4n) is 4.82. The predicted molar refractivity (Wildman–Crippen MR) is 158 cm³/mol. The monoisotopic (exact) mass is 546 g/mol. The highest BCUT2D eigenvalue weighted by atomic mass is 32.1. The molecule has 6 nitrogen and oxygen atoms in total. The summed E-state index contributed by atoms with van der Waals surface area (Å²) >= 11 is 1.35. The maximum Gasteiger partial charge on any atom is 0.301 e. The van der Waals surface area contributed by atoms with Gasteiger partial charge in [-0.3, -0.25) is 14.5 Å². The maximum absolute atomic E-state index is 13.5. The number of aliphatic hydroxyl groups is 1. The van der Waals surface area contributed by atoms with Gasteiger partial charge in [0.05, 0.1) is 21.8 Å². The lowest BCUT2D eigenvalue weighted by Crippen LogP contribution is -2.29. The van der Waals surface area contributed by atoms with Crippen molar-refractivity contribution in [2.75, 3.05) is 4.90 Å². The van der Waals surface area contributed by atoms with Crippen molar-refractivity contribution < 1.29 is 19.4 Å². The molecule has 1 aliphatic rings. The number of thiazole rings is 1. The topological polar surface area (TPSA) is 79.7 Å². The summed E-state index contributed by atoms with van der Waals surface area (Å²) < 4.78 is 6.87. The van der Waals surface area contributed by atoms with Crippen LogP contribution in [0, 0.1) is 13.8 Å². The number of hydrogen-bond acceptors (Lipinski definition) is 6. The zero-order valence-electron chi connectivity index (χ0n) is 22.0. The number of anilines is 1. The van der Waals surface area contributed by atoms with Crippen LogP contribution >= 0.6 is 11.3 Å². The Hall–Kier alpha value is -4.75. The summed E-state index contributed by atoms with van der Waals surface area (Å²) in [5, 5.41) is 11.8. The van der Waals surface area contributed by atoms with E-state index in [2.05, 4.69) is 0 Å². The van der Waals surface area contributed by atoms with Gasteiger partial charge in [-0.15, -0.1) is 0 Å². The second-order valence-corrected chi connectivity index (χ2v) is 10.9. The summed E-state index contributed by atoms with van der Waals surface area (Å²) in [6.45, 7) is 4.35. The number of aliphatic hydroxyl groups excluding tert-OH is 1. The molecule has 7 heteroatoms. The summed E-state index contributed by atoms with van der Waals surface area (Å²) in [4.78, 5) is 33.1. The molecule has 6 rings (SSSR count). The molecule has 1 aliphatic heterocycles. The number of aryl methyl sites for hydroxylation is 2. The molecule has 1 fully saturated rings. The summed E-state index contributed by atoms with van der Waals surface area (Å²) in [7, 11) is 0. The first kappa shape index (κ1) is 25.5. The molecule has 0 radical (unpaired) electrons. The average Bonchev–Trinajstić information content (AvgIpc) is 3.50. The van der Waals surface area contributed by atoms with E-state index in [0.717, 1.165) is 26.9 Å². The first-order valence-electron chi connectivity index (χ1n) is 12.9. The van der Waals surface area contributed by atoms with Gasteiger partial charge in [0.1, 0.15) is 18.1 Å². The Kier molecular flexibility index (Phi) is 6.66. The second-order valence-electron chi connectivity index (χ2n) is 9.85. The Balaban J connectivity index is 1.43. The number of hydrogen-bond donors (Lipinski definition) is 1. The number of rotatable bonds is 6. The van der Waals surface area contributed by atoms with E-state index in [1.807, 2.05) is 98.8 Å². The van der Waals surface area contributed by atoms with Gasteiger partial charge in [-0.25, -0.2) is 4.98 Å². The van der Waals surface area contributed by atoms with E-state index < -0.39 is 17.7 Å². The minimum absolute atomic E-state index is 0.0299. The summed E-state index contributed by atoms with van der Waals surface area (Å²) in [6.07, 6.45) is 0. The molecule has 40 heavy (non-hydrogen) atoms. The maximum atomic E-state index is 13.5. The van der Waals surface area contributed by atoms with Crippen molar-refractivity contribution >= 4 is 44.1 Å². The molecule has 1 unspecified atom stereocenters. The van der Waals surface area contributed by atoms with Crippen LogP contribution in [0.25, 0.3) is 16.0 Å². The zero-order chi connectivity index (χ0) is 27.8. The van der Waals surface area contributed by atoms with E-state index >= 15 is 0 Å². The Morgan fingerprint density at radius 1 is 0.900 bits per heavy atom. The van der Waals surface area contributed by atoms with Crippen LogP contribution in [-0.2, 0) is 16.2 Å². The molecule has 0 bridgehead atoms. The van der Waals surface area contributed by atoms with Gasteiger partial charge in [0.25, 0.3) is 5.78 Å². The minimum atomic E-state index is -0.855. The first-order valence-corrected chi connectivity index (χ1v) is 13.7. The normalized spacial score (nSPS) is 16.6. The van der Waals surface area contributed by atoms with Crippen molar-refractivity contribution in [3.63, 3.8) is 0 Å². The van der Waals surface area contributed by atoms with Crippen LogP contribution in [-0.4, -0.2) is 21.8 Å². The number of ketones is 1. The average molecular weight is 547 g/mol. The summed E-state index contributed by atoms with van der Waals surface area (Å²) in [5.41, 5.74) is 5.05. The van der Waals surface area contributed by atoms with Crippen LogP contribution in [0.1, 0.15) is 33.9 Å². The Bertz CT molecular complexity index is 1760. The molecule has 4 aromatic carbocycles. The lowest BCUT2D eigenvalue weighted by molar-refractivity contribution is -0.132. The minimum Gasteiger partial charge on any atom is -0.507 e. The molecule has 198 valence electrons. The van der Waals surface area contributed by atoms with Crippen LogP contribution in [0.3, 0.4) is 0 Å². The van der Waals surface area contributed by atoms with E-state index in [4.69, 9.17) is 9.72 Å². The van der Waals surface area contributed by atoms with Crippen LogP contribution in [0.4, 0.5) is 5.13 Å². The number of nitrogens with zero attached hydrogens (tertiary/aromatic N) is 2. The fraction of sp³-hybridized carbons (Fsp3) is 0.121. The van der Waals surface area contributed by atoms with E-state index in [-0.39, 0.29) is 11.3 Å². The van der Waals surface area contributed by atoms with Crippen molar-refractivity contribution in [2.45, 2.75) is 26.5 Å². The third-order valence-corrected chi connectivity index (χ3v) is 7.97. The van der Waals surface area contributed by atoms with Crippen LogP contribution in [0.2, 0.25) is 0 Å². The number of ether oxygens (including phenoxy) is 1. The van der Waals surface area contributed by atoms with Crippen molar-refractivity contribution in [3.05, 3.63) is 130 Å². The fourth-order valence-corrected chi connectivity index (χ4v) is 5.91. The molecule has 1 saturated heterocycles. The lowest BCUT2D eigenvalue weighted by atomic mass is 9.95. The summed E-state index contributed by atoms with van der Waals surface area (Å²) in [5.74, 6) is -1.03.